The third-order valence-corrected chi connectivity index (χ3v) is 6.34. The number of carbonyl (C=O) groups is 1. The van der Waals surface area contributed by atoms with E-state index in [4.69, 9.17) is 4.52 Å². The smallest absolute Gasteiger partial charge is 0.356 e. The van der Waals surface area contributed by atoms with Gasteiger partial charge in [0, 0.05) is 16.8 Å². The Morgan fingerprint density at radius 2 is 1.89 bits per heavy atom. The quantitative estimate of drug-likeness (QED) is 0.327. The van der Waals surface area contributed by atoms with Crippen molar-refractivity contribution in [3.63, 3.8) is 0 Å². The lowest BCUT2D eigenvalue weighted by Crippen LogP contribution is -2.16. The highest BCUT2D eigenvalue weighted by atomic mass is 19.4. The average molecular weight is 495 g/mol. The van der Waals surface area contributed by atoms with Gasteiger partial charge in [-0.05, 0) is 62.4 Å². The second kappa shape index (κ2) is 9.64. The standard InChI is InChI=1S/C27H25F3N4O2/c1-2-8-24-22(16-31-34(24)20-9-4-3-5-10-20)26(35)32-19-14-17(13-18(15-19)27(28,29)30)25-21-11-6-7-12-23(21)33-36-25/h3-5,9-10,13-16H,2,6-8,11-12H2,1H3,(H,32,35). The van der Waals surface area contributed by atoms with E-state index in [2.05, 4.69) is 15.6 Å². The van der Waals surface area contributed by atoms with Crippen LogP contribution in [-0.4, -0.2) is 20.8 Å². The molecule has 0 atom stereocenters. The molecule has 1 amide bonds. The Kier molecular flexibility index (Phi) is 6.38. The summed E-state index contributed by atoms with van der Waals surface area (Å²) >= 11 is 0. The van der Waals surface area contributed by atoms with E-state index in [1.165, 1.54) is 12.3 Å². The molecule has 0 saturated carbocycles. The van der Waals surface area contributed by atoms with Gasteiger partial charge in [0.05, 0.1) is 34.4 Å². The number of nitrogens with zero attached hydrogens (tertiary/aromatic N) is 3. The third kappa shape index (κ3) is 4.65. The maximum Gasteiger partial charge on any atom is 0.416 e. The van der Waals surface area contributed by atoms with Crippen molar-refractivity contribution in [2.45, 2.75) is 51.6 Å². The number of hydrogen-bond donors (Lipinski definition) is 1. The molecule has 2 aromatic carbocycles. The lowest BCUT2D eigenvalue weighted by molar-refractivity contribution is -0.137. The topological polar surface area (TPSA) is 73.0 Å². The van der Waals surface area contributed by atoms with Gasteiger partial charge in [-0.15, -0.1) is 0 Å². The normalized spacial score (nSPS) is 13.4. The summed E-state index contributed by atoms with van der Waals surface area (Å²) in [6.45, 7) is 1.99. The van der Waals surface area contributed by atoms with E-state index >= 15 is 0 Å². The summed E-state index contributed by atoms with van der Waals surface area (Å²) in [5.74, 6) is -0.194. The Morgan fingerprint density at radius 1 is 1.11 bits per heavy atom. The van der Waals surface area contributed by atoms with Crippen LogP contribution in [-0.2, 0) is 25.4 Å². The van der Waals surface area contributed by atoms with E-state index in [0.29, 0.717) is 29.9 Å². The molecule has 0 saturated heterocycles. The van der Waals surface area contributed by atoms with Crippen LogP contribution in [0.1, 0.15) is 59.1 Å². The summed E-state index contributed by atoms with van der Waals surface area (Å²) in [5.41, 5.74) is 2.84. The summed E-state index contributed by atoms with van der Waals surface area (Å²) in [7, 11) is 0. The van der Waals surface area contributed by atoms with Crippen molar-refractivity contribution in [3.8, 4) is 17.0 Å². The van der Waals surface area contributed by atoms with Crippen molar-refractivity contribution in [1.82, 2.24) is 14.9 Å². The molecule has 0 radical (unpaired) electrons. The van der Waals surface area contributed by atoms with Crippen molar-refractivity contribution < 1.29 is 22.5 Å². The van der Waals surface area contributed by atoms with Gasteiger partial charge in [0.2, 0.25) is 0 Å². The molecule has 9 heteroatoms. The molecule has 0 aliphatic heterocycles. The number of aromatic nitrogens is 3. The van der Waals surface area contributed by atoms with Crippen molar-refractivity contribution in [2.24, 2.45) is 0 Å². The Balaban J connectivity index is 1.51. The molecule has 4 aromatic rings. The van der Waals surface area contributed by atoms with Gasteiger partial charge in [-0.1, -0.05) is 36.7 Å². The minimum Gasteiger partial charge on any atom is -0.356 e. The first-order chi connectivity index (χ1) is 17.3. The second-order valence-corrected chi connectivity index (χ2v) is 8.90. The zero-order chi connectivity index (χ0) is 25.3. The molecule has 0 bridgehead atoms. The molecule has 5 rings (SSSR count). The van der Waals surface area contributed by atoms with Crippen LogP contribution in [0.15, 0.2) is 59.3 Å². The van der Waals surface area contributed by atoms with Crippen molar-refractivity contribution in [3.05, 3.63) is 82.8 Å². The second-order valence-electron chi connectivity index (χ2n) is 8.90. The lowest BCUT2D eigenvalue weighted by atomic mass is 9.93. The molecule has 1 aliphatic rings. The zero-order valence-corrected chi connectivity index (χ0v) is 19.7. The number of anilines is 1. The number of carbonyl (C=O) groups excluding carboxylic acids is 1. The van der Waals surface area contributed by atoms with Gasteiger partial charge in [0.25, 0.3) is 5.91 Å². The molecule has 0 spiro atoms. The molecule has 36 heavy (non-hydrogen) atoms. The largest absolute Gasteiger partial charge is 0.416 e. The molecule has 2 aromatic heterocycles. The Hall–Kier alpha value is -3.88. The number of hydrogen-bond acceptors (Lipinski definition) is 4. The number of fused-ring (bicyclic) bond motifs is 1. The number of rotatable bonds is 6. The maximum atomic E-state index is 13.8. The number of amides is 1. The van der Waals surface area contributed by atoms with Gasteiger partial charge in [0.1, 0.15) is 0 Å². The van der Waals surface area contributed by atoms with Crippen LogP contribution in [0.4, 0.5) is 18.9 Å². The first-order valence-corrected chi connectivity index (χ1v) is 12.0. The Labute approximate surface area is 206 Å². The molecule has 186 valence electrons. The van der Waals surface area contributed by atoms with E-state index in [0.717, 1.165) is 54.8 Å². The lowest BCUT2D eigenvalue weighted by Gasteiger charge is -2.14. The third-order valence-electron chi connectivity index (χ3n) is 6.34. The number of para-hydroxylation sites is 1. The summed E-state index contributed by atoms with van der Waals surface area (Å²) < 4.78 is 48.5. The number of alkyl halides is 3. The van der Waals surface area contributed by atoms with Crippen LogP contribution < -0.4 is 5.32 Å². The van der Waals surface area contributed by atoms with E-state index in [9.17, 15) is 18.0 Å². The minimum absolute atomic E-state index is 0.0284. The first kappa shape index (κ1) is 23.8. The Morgan fingerprint density at radius 3 is 2.64 bits per heavy atom. The van der Waals surface area contributed by atoms with Crippen LogP contribution in [0.2, 0.25) is 0 Å². The predicted molar refractivity (Wildman–Crippen MR) is 129 cm³/mol. The molecule has 0 fully saturated rings. The van der Waals surface area contributed by atoms with Gasteiger partial charge in [-0.3, -0.25) is 4.79 Å². The summed E-state index contributed by atoms with van der Waals surface area (Å²) in [6, 6.07) is 12.9. The van der Waals surface area contributed by atoms with Gasteiger partial charge in [-0.25, -0.2) is 4.68 Å². The van der Waals surface area contributed by atoms with Gasteiger partial charge in [0.15, 0.2) is 5.76 Å². The van der Waals surface area contributed by atoms with Crippen LogP contribution in [0.3, 0.4) is 0 Å². The van der Waals surface area contributed by atoms with E-state index < -0.39 is 17.6 Å². The maximum absolute atomic E-state index is 13.8. The summed E-state index contributed by atoms with van der Waals surface area (Å²) in [4.78, 5) is 13.3. The number of aryl methyl sites for hydroxylation is 1. The molecular formula is C27H25F3N4O2. The number of benzene rings is 2. The molecule has 6 nitrogen and oxygen atoms in total. The van der Waals surface area contributed by atoms with Gasteiger partial charge in [-0.2, -0.15) is 18.3 Å². The van der Waals surface area contributed by atoms with Gasteiger partial charge >= 0.3 is 6.18 Å². The van der Waals surface area contributed by atoms with Crippen molar-refractivity contribution >= 4 is 11.6 Å². The number of halogens is 3. The monoisotopic (exact) mass is 494 g/mol. The first-order valence-electron chi connectivity index (χ1n) is 12.0. The van der Waals surface area contributed by atoms with E-state index in [-0.39, 0.29) is 11.3 Å². The fourth-order valence-corrected chi connectivity index (χ4v) is 4.64. The van der Waals surface area contributed by atoms with E-state index in [1.54, 1.807) is 4.68 Å². The van der Waals surface area contributed by atoms with Crippen LogP contribution in [0.25, 0.3) is 17.0 Å². The van der Waals surface area contributed by atoms with Crippen molar-refractivity contribution in [1.29, 1.82) is 0 Å². The zero-order valence-electron chi connectivity index (χ0n) is 19.7. The van der Waals surface area contributed by atoms with Crippen LogP contribution in [0.5, 0.6) is 0 Å². The Bertz CT molecular complexity index is 1390. The molecule has 2 heterocycles. The molecule has 1 N–H and O–H groups in total. The summed E-state index contributed by atoms with van der Waals surface area (Å²) in [5, 5.41) is 11.1. The molecule has 1 aliphatic carbocycles. The van der Waals surface area contributed by atoms with Gasteiger partial charge < -0.3 is 9.84 Å². The molecular weight excluding hydrogens is 469 g/mol. The van der Waals surface area contributed by atoms with Crippen LogP contribution >= 0.6 is 0 Å². The fraction of sp³-hybridized carbons (Fsp3) is 0.296. The summed E-state index contributed by atoms with van der Waals surface area (Å²) in [6.07, 6.45) is 1.54. The predicted octanol–water partition coefficient (Wildman–Crippen LogP) is 6.63. The molecule has 0 unspecified atom stereocenters. The highest BCUT2D eigenvalue weighted by Crippen LogP contribution is 2.38. The SMILES string of the molecule is CCCc1c(C(=O)Nc2cc(-c3onc4c3CCCC4)cc(C(F)(F)F)c2)cnn1-c1ccccc1. The van der Waals surface area contributed by atoms with Crippen LogP contribution in [0, 0.1) is 0 Å². The fourth-order valence-electron chi connectivity index (χ4n) is 4.64. The highest BCUT2D eigenvalue weighted by molar-refractivity contribution is 6.05. The minimum atomic E-state index is -4.60. The van der Waals surface area contributed by atoms with Crippen molar-refractivity contribution in [2.75, 3.05) is 5.32 Å². The average Bonchev–Trinajstić information content (AvgIpc) is 3.49. The highest BCUT2D eigenvalue weighted by Gasteiger charge is 2.33. The number of nitrogens with one attached hydrogen (secondary N) is 1. The van der Waals surface area contributed by atoms with E-state index in [1.807, 2.05) is 37.3 Å².